The van der Waals surface area contributed by atoms with E-state index in [4.69, 9.17) is 11.6 Å². The fourth-order valence-electron chi connectivity index (χ4n) is 2.45. The summed E-state index contributed by atoms with van der Waals surface area (Å²) in [5.74, 6) is -0.314. The summed E-state index contributed by atoms with van der Waals surface area (Å²) in [6.07, 6.45) is 1.90. The van der Waals surface area contributed by atoms with Crippen molar-refractivity contribution < 1.29 is 9.50 Å². The Morgan fingerprint density at radius 1 is 1.64 bits per heavy atom. The molecule has 0 aliphatic heterocycles. The molecule has 1 N–H and O–H groups in total. The van der Waals surface area contributed by atoms with Gasteiger partial charge in [-0.05, 0) is 12.8 Å². The Morgan fingerprint density at radius 2 is 2.27 bits per heavy atom. The molecule has 1 nitrogen and oxygen atoms in total. The molecule has 3 heteroatoms. The normalized spacial score (nSPS) is 62.2. The summed E-state index contributed by atoms with van der Waals surface area (Å²) in [7, 11) is 0. The van der Waals surface area contributed by atoms with E-state index in [1.807, 2.05) is 6.92 Å². The van der Waals surface area contributed by atoms with E-state index in [1.54, 1.807) is 0 Å². The first-order chi connectivity index (χ1) is 5.00. The van der Waals surface area contributed by atoms with Crippen LogP contribution in [0.4, 0.5) is 4.39 Å². The minimum Gasteiger partial charge on any atom is -0.393 e. The van der Waals surface area contributed by atoms with Gasteiger partial charge in [-0.25, -0.2) is 4.39 Å². The molecule has 64 valence electrons. The Morgan fingerprint density at radius 3 is 2.73 bits per heavy atom. The molecule has 1 unspecified atom stereocenters. The van der Waals surface area contributed by atoms with Crippen LogP contribution in [0.5, 0.6) is 0 Å². The standard InChI is InChI=1S/C8H12ClFO/c1-7-4-2-3-5(11)6(7)8(7,9)10/h5-6,11H,2-4H2,1H3/t5-,6?,7+,8+/m1/s1. The highest BCUT2D eigenvalue weighted by atomic mass is 35.5. The summed E-state index contributed by atoms with van der Waals surface area (Å²) in [5, 5.41) is 7.77. The first-order valence-corrected chi connectivity index (χ1v) is 4.44. The highest BCUT2D eigenvalue weighted by molar-refractivity contribution is 6.26. The molecule has 2 rings (SSSR count). The van der Waals surface area contributed by atoms with Gasteiger partial charge >= 0.3 is 0 Å². The molecule has 4 atom stereocenters. The second-order valence-corrected chi connectivity index (χ2v) is 4.53. The van der Waals surface area contributed by atoms with Crippen molar-refractivity contribution in [1.29, 1.82) is 0 Å². The fraction of sp³-hybridized carbons (Fsp3) is 1.00. The van der Waals surface area contributed by atoms with Gasteiger partial charge in [0.25, 0.3) is 0 Å². The summed E-state index contributed by atoms with van der Waals surface area (Å²) in [6.45, 7) is 1.83. The van der Waals surface area contributed by atoms with Crippen molar-refractivity contribution in [1.82, 2.24) is 0 Å². The lowest BCUT2D eigenvalue weighted by Crippen LogP contribution is -2.19. The molecule has 0 aromatic heterocycles. The average molecular weight is 179 g/mol. The van der Waals surface area contributed by atoms with Gasteiger partial charge < -0.3 is 5.11 Å². The smallest absolute Gasteiger partial charge is 0.195 e. The number of halogens is 2. The quantitative estimate of drug-likeness (QED) is 0.563. The van der Waals surface area contributed by atoms with Crippen LogP contribution in [-0.4, -0.2) is 16.3 Å². The van der Waals surface area contributed by atoms with Gasteiger partial charge in [0, 0.05) is 11.3 Å². The van der Waals surface area contributed by atoms with Crippen molar-refractivity contribution >= 4 is 11.6 Å². The van der Waals surface area contributed by atoms with Gasteiger partial charge in [0.1, 0.15) is 0 Å². The van der Waals surface area contributed by atoms with Crippen molar-refractivity contribution in [3.05, 3.63) is 0 Å². The van der Waals surface area contributed by atoms with Crippen LogP contribution in [0.15, 0.2) is 0 Å². The topological polar surface area (TPSA) is 20.2 Å². The van der Waals surface area contributed by atoms with Gasteiger partial charge in [-0.3, -0.25) is 0 Å². The van der Waals surface area contributed by atoms with E-state index in [-0.39, 0.29) is 5.92 Å². The highest BCUT2D eigenvalue weighted by Crippen LogP contribution is 2.73. The summed E-state index contributed by atoms with van der Waals surface area (Å²) in [4.78, 5) is 0. The molecular formula is C8H12ClFO. The van der Waals surface area contributed by atoms with E-state index in [2.05, 4.69) is 0 Å². The van der Waals surface area contributed by atoms with Gasteiger partial charge in [0.2, 0.25) is 0 Å². The van der Waals surface area contributed by atoms with Crippen LogP contribution in [0.3, 0.4) is 0 Å². The maximum atomic E-state index is 13.4. The number of hydrogen-bond acceptors (Lipinski definition) is 1. The molecule has 0 amide bonds. The minimum atomic E-state index is -1.62. The van der Waals surface area contributed by atoms with Crippen molar-refractivity contribution in [2.75, 3.05) is 0 Å². The number of alkyl halides is 2. The monoisotopic (exact) mass is 178 g/mol. The molecule has 0 aromatic carbocycles. The predicted molar refractivity (Wildman–Crippen MR) is 41.1 cm³/mol. The molecule has 0 aromatic rings. The van der Waals surface area contributed by atoms with Crippen molar-refractivity contribution in [3.8, 4) is 0 Å². The van der Waals surface area contributed by atoms with Gasteiger partial charge in [0.15, 0.2) is 5.13 Å². The van der Waals surface area contributed by atoms with E-state index in [1.165, 1.54) is 0 Å². The molecule has 2 saturated carbocycles. The van der Waals surface area contributed by atoms with Crippen LogP contribution < -0.4 is 0 Å². The van der Waals surface area contributed by atoms with Gasteiger partial charge in [0.05, 0.1) is 6.10 Å². The maximum absolute atomic E-state index is 13.4. The maximum Gasteiger partial charge on any atom is 0.195 e. The third-order valence-electron chi connectivity index (χ3n) is 3.34. The van der Waals surface area contributed by atoms with Crippen molar-refractivity contribution in [3.63, 3.8) is 0 Å². The van der Waals surface area contributed by atoms with Gasteiger partial charge in [-0.2, -0.15) is 0 Å². The molecule has 0 saturated heterocycles. The van der Waals surface area contributed by atoms with Gasteiger partial charge in [-0.1, -0.05) is 24.9 Å². The zero-order valence-electron chi connectivity index (χ0n) is 6.48. The van der Waals surface area contributed by atoms with E-state index >= 15 is 0 Å². The molecule has 2 aliphatic rings. The lowest BCUT2D eigenvalue weighted by atomic mass is 9.88. The molecule has 0 spiro atoms. The lowest BCUT2D eigenvalue weighted by molar-refractivity contribution is 0.0954. The zero-order chi connectivity index (χ0) is 8.28. The molecular weight excluding hydrogens is 167 g/mol. The lowest BCUT2D eigenvalue weighted by Gasteiger charge is -2.19. The summed E-state index contributed by atoms with van der Waals surface area (Å²) in [6, 6.07) is 0. The van der Waals surface area contributed by atoms with Crippen LogP contribution in [0.25, 0.3) is 0 Å². The summed E-state index contributed by atoms with van der Waals surface area (Å²) < 4.78 is 13.4. The number of rotatable bonds is 0. The van der Waals surface area contributed by atoms with Crippen molar-refractivity contribution in [2.45, 2.75) is 37.4 Å². The Kier molecular flexibility index (Phi) is 1.36. The van der Waals surface area contributed by atoms with E-state index in [9.17, 15) is 9.50 Å². The zero-order valence-corrected chi connectivity index (χ0v) is 7.24. The van der Waals surface area contributed by atoms with Crippen LogP contribution in [-0.2, 0) is 0 Å². The Balaban J connectivity index is 2.23. The van der Waals surface area contributed by atoms with E-state index in [0.29, 0.717) is 6.42 Å². The highest BCUT2D eigenvalue weighted by Gasteiger charge is 2.77. The van der Waals surface area contributed by atoms with Crippen LogP contribution >= 0.6 is 11.6 Å². The molecule has 0 heterocycles. The Labute approximate surface area is 70.5 Å². The summed E-state index contributed by atoms with van der Waals surface area (Å²) >= 11 is 5.62. The van der Waals surface area contributed by atoms with E-state index in [0.717, 1.165) is 12.8 Å². The molecule has 11 heavy (non-hydrogen) atoms. The molecule has 0 bridgehead atoms. The Bertz CT molecular complexity index is 195. The van der Waals surface area contributed by atoms with Crippen LogP contribution in [0.1, 0.15) is 26.2 Å². The number of aliphatic hydroxyl groups excluding tert-OH is 1. The second-order valence-electron chi connectivity index (χ2n) is 3.98. The molecule has 0 radical (unpaired) electrons. The van der Waals surface area contributed by atoms with E-state index < -0.39 is 16.6 Å². The molecule has 2 fully saturated rings. The van der Waals surface area contributed by atoms with Gasteiger partial charge in [-0.15, -0.1) is 0 Å². The average Bonchev–Trinajstić information content (AvgIpc) is 2.29. The number of fused-ring (bicyclic) bond motifs is 1. The largest absolute Gasteiger partial charge is 0.393 e. The number of hydrogen-bond donors (Lipinski definition) is 1. The Hall–Kier alpha value is 0.180. The first-order valence-electron chi connectivity index (χ1n) is 4.06. The van der Waals surface area contributed by atoms with Crippen LogP contribution in [0, 0.1) is 11.3 Å². The number of aliphatic hydroxyl groups is 1. The first kappa shape index (κ1) is 7.81. The minimum absolute atomic E-state index is 0.314. The van der Waals surface area contributed by atoms with Crippen molar-refractivity contribution in [2.24, 2.45) is 11.3 Å². The molecule has 2 aliphatic carbocycles. The third kappa shape index (κ3) is 0.748. The predicted octanol–water partition coefficient (Wildman–Crippen LogP) is 2.07. The van der Waals surface area contributed by atoms with Crippen LogP contribution in [0.2, 0.25) is 0 Å². The SMILES string of the molecule is C[C@]12CCC[C@@H](O)C1[C@@]2(F)Cl. The second kappa shape index (κ2) is 1.91. The summed E-state index contributed by atoms with van der Waals surface area (Å²) in [5.41, 5.74) is -0.438. The fourth-order valence-corrected chi connectivity index (χ4v) is 2.99. The third-order valence-corrected chi connectivity index (χ3v) is 4.00.